The van der Waals surface area contributed by atoms with E-state index in [-0.39, 0.29) is 5.91 Å². The first-order chi connectivity index (χ1) is 12.4. The molecule has 26 heavy (non-hydrogen) atoms. The molecule has 1 amide bonds. The average molecular weight is 444 g/mol. The Morgan fingerprint density at radius 2 is 1.65 bits per heavy atom. The van der Waals surface area contributed by atoms with Gasteiger partial charge in [-0.2, -0.15) is 4.31 Å². The predicted octanol–water partition coefficient (Wildman–Crippen LogP) is 2.20. The first kappa shape index (κ1) is 19.8. The van der Waals surface area contributed by atoms with Gasteiger partial charge in [0, 0.05) is 36.7 Å². The molecule has 0 spiro atoms. The van der Waals surface area contributed by atoms with Gasteiger partial charge >= 0.3 is 0 Å². The molecule has 2 aliphatic rings. The fourth-order valence-electron chi connectivity index (χ4n) is 3.61. The fourth-order valence-corrected chi connectivity index (χ4v) is 5.29. The van der Waals surface area contributed by atoms with Gasteiger partial charge in [-0.05, 0) is 37.1 Å². The molecule has 0 aromatic heterocycles. The minimum absolute atomic E-state index is 0.0566. The number of hydrogen-bond donors (Lipinski definition) is 1. The van der Waals surface area contributed by atoms with Crippen LogP contribution in [0.15, 0.2) is 33.6 Å². The lowest BCUT2D eigenvalue weighted by Gasteiger charge is -2.34. The Balaban J connectivity index is 1.49. The minimum Gasteiger partial charge on any atom is -0.352 e. The molecule has 1 heterocycles. The van der Waals surface area contributed by atoms with Gasteiger partial charge in [-0.3, -0.25) is 9.69 Å². The van der Waals surface area contributed by atoms with Crippen LogP contribution in [0.5, 0.6) is 0 Å². The van der Waals surface area contributed by atoms with Crippen LogP contribution < -0.4 is 5.32 Å². The van der Waals surface area contributed by atoms with Crippen LogP contribution in [0, 0.1) is 0 Å². The van der Waals surface area contributed by atoms with Crippen LogP contribution in [0.1, 0.15) is 32.1 Å². The second-order valence-corrected chi connectivity index (χ2v) is 9.89. The Morgan fingerprint density at radius 1 is 1.04 bits per heavy atom. The van der Waals surface area contributed by atoms with Crippen molar-refractivity contribution in [2.75, 3.05) is 32.7 Å². The van der Waals surface area contributed by atoms with Crippen LogP contribution in [0.3, 0.4) is 0 Å². The summed E-state index contributed by atoms with van der Waals surface area (Å²) in [6.07, 6.45) is 5.80. The van der Waals surface area contributed by atoms with Crippen molar-refractivity contribution in [1.29, 1.82) is 0 Å². The third kappa shape index (κ3) is 5.06. The Morgan fingerprint density at radius 3 is 2.27 bits per heavy atom. The van der Waals surface area contributed by atoms with Gasteiger partial charge in [-0.1, -0.05) is 35.2 Å². The zero-order valence-electron chi connectivity index (χ0n) is 14.9. The highest BCUT2D eigenvalue weighted by molar-refractivity contribution is 9.10. The number of sulfonamides is 1. The molecule has 1 aromatic rings. The number of piperazine rings is 1. The summed E-state index contributed by atoms with van der Waals surface area (Å²) >= 11 is 3.32. The normalized spacial score (nSPS) is 20.8. The molecule has 2 fully saturated rings. The molecule has 1 saturated heterocycles. The van der Waals surface area contributed by atoms with Gasteiger partial charge in [0.05, 0.1) is 11.4 Å². The van der Waals surface area contributed by atoms with E-state index in [9.17, 15) is 13.2 Å². The Hall–Kier alpha value is -0.960. The van der Waals surface area contributed by atoms with Crippen LogP contribution in [-0.2, 0) is 14.8 Å². The molecule has 0 bridgehead atoms. The SMILES string of the molecule is O=C(CN1CCN(S(=O)(=O)c2ccc(Br)cc2)CC1)NC1CCCCC1. The van der Waals surface area contributed by atoms with Gasteiger partial charge in [0.15, 0.2) is 0 Å². The number of carbonyl (C=O) groups is 1. The number of nitrogens with one attached hydrogen (secondary N) is 1. The lowest BCUT2D eigenvalue weighted by molar-refractivity contribution is -0.123. The lowest BCUT2D eigenvalue weighted by Crippen LogP contribution is -2.51. The summed E-state index contributed by atoms with van der Waals surface area (Å²) < 4.78 is 27.8. The molecule has 3 rings (SSSR count). The summed E-state index contributed by atoms with van der Waals surface area (Å²) in [6.45, 7) is 2.33. The molecule has 0 unspecified atom stereocenters. The summed E-state index contributed by atoms with van der Waals surface area (Å²) in [6, 6.07) is 7.01. The van der Waals surface area contributed by atoms with Crippen molar-refractivity contribution in [3.63, 3.8) is 0 Å². The van der Waals surface area contributed by atoms with E-state index in [1.54, 1.807) is 24.3 Å². The van der Waals surface area contributed by atoms with Crippen LogP contribution in [-0.4, -0.2) is 62.3 Å². The van der Waals surface area contributed by atoms with E-state index in [4.69, 9.17) is 0 Å². The highest BCUT2D eigenvalue weighted by atomic mass is 79.9. The molecule has 0 radical (unpaired) electrons. The monoisotopic (exact) mass is 443 g/mol. The molecule has 8 heteroatoms. The predicted molar refractivity (Wildman–Crippen MR) is 104 cm³/mol. The molecule has 0 atom stereocenters. The van der Waals surface area contributed by atoms with Gasteiger partial charge in [0.25, 0.3) is 0 Å². The first-order valence-corrected chi connectivity index (χ1v) is 11.5. The Labute approximate surface area is 164 Å². The second-order valence-electron chi connectivity index (χ2n) is 7.04. The molecule has 1 aromatic carbocycles. The molecule has 1 saturated carbocycles. The maximum atomic E-state index is 12.7. The maximum Gasteiger partial charge on any atom is 0.243 e. The lowest BCUT2D eigenvalue weighted by atomic mass is 9.95. The van der Waals surface area contributed by atoms with E-state index in [1.165, 1.54) is 23.6 Å². The van der Waals surface area contributed by atoms with E-state index >= 15 is 0 Å². The fraction of sp³-hybridized carbons (Fsp3) is 0.611. The standard InChI is InChI=1S/C18H26BrN3O3S/c19-15-6-8-17(9-7-15)26(24,25)22-12-10-21(11-13-22)14-18(23)20-16-4-2-1-3-5-16/h6-9,16H,1-5,10-14H2,(H,20,23). The number of hydrogen-bond acceptors (Lipinski definition) is 4. The summed E-state index contributed by atoms with van der Waals surface area (Å²) in [4.78, 5) is 14.6. The van der Waals surface area contributed by atoms with Crippen LogP contribution in [0.4, 0.5) is 0 Å². The average Bonchev–Trinajstić information content (AvgIpc) is 2.63. The molecule has 6 nitrogen and oxygen atoms in total. The topological polar surface area (TPSA) is 69.7 Å². The van der Waals surface area contributed by atoms with Crippen LogP contribution in [0.25, 0.3) is 0 Å². The minimum atomic E-state index is -3.47. The quantitative estimate of drug-likeness (QED) is 0.756. The Kier molecular flexibility index (Phi) is 6.71. The van der Waals surface area contributed by atoms with Gasteiger partial charge in [0.1, 0.15) is 0 Å². The summed E-state index contributed by atoms with van der Waals surface area (Å²) in [5.41, 5.74) is 0. The zero-order valence-corrected chi connectivity index (χ0v) is 17.3. The van der Waals surface area contributed by atoms with E-state index in [2.05, 4.69) is 21.2 Å². The third-order valence-electron chi connectivity index (χ3n) is 5.12. The number of nitrogens with zero attached hydrogens (tertiary/aromatic N) is 2. The van der Waals surface area contributed by atoms with E-state index in [1.807, 2.05) is 4.90 Å². The van der Waals surface area contributed by atoms with Crippen molar-refractivity contribution in [2.45, 2.75) is 43.0 Å². The maximum absolute atomic E-state index is 12.7. The number of halogens is 1. The van der Waals surface area contributed by atoms with Crippen molar-refractivity contribution in [3.8, 4) is 0 Å². The van der Waals surface area contributed by atoms with Crippen molar-refractivity contribution < 1.29 is 13.2 Å². The van der Waals surface area contributed by atoms with Gasteiger partial charge in [-0.25, -0.2) is 8.42 Å². The molecule has 144 valence electrons. The first-order valence-electron chi connectivity index (χ1n) is 9.22. The van der Waals surface area contributed by atoms with Crippen molar-refractivity contribution in [2.24, 2.45) is 0 Å². The van der Waals surface area contributed by atoms with E-state index < -0.39 is 10.0 Å². The summed E-state index contributed by atoms with van der Waals surface area (Å²) in [7, 11) is -3.47. The Bertz CT molecular complexity index is 710. The number of rotatable bonds is 5. The van der Waals surface area contributed by atoms with Gasteiger partial charge in [-0.15, -0.1) is 0 Å². The second kappa shape index (κ2) is 8.82. The molecule has 1 aliphatic heterocycles. The molecule has 1 aliphatic carbocycles. The summed E-state index contributed by atoms with van der Waals surface area (Å²) in [5, 5.41) is 3.12. The van der Waals surface area contributed by atoms with Crippen LogP contribution in [0.2, 0.25) is 0 Å². The van der Waals surface area contributed by atoms with Crippen molar-refractivity contribution in [3.05, 3.63) is 28.7 Å². The molecular formula is C18H26BrN3O3S. The largest absolute Gasteiger partial charge is 0.352 e. The van der Waals surface area contributed by atoms with Crippen molar-refractivity contribution in [1.82, 2.24) is 14.5 Å². The number of amides is 1. The van der Waals surface area contributed by atoms with E-state index in [0.29, 0.717) is 43.7 Å². The van der Waals surface area contributed by atoms with Crippen LogP contribution >= 0.6 is 15.9 Å². The van der Waals surface area contributed by atoms with Crippen molar-refractivity contribution >= 4 is 31.9 Å². The third-order valence-corrected chi connectivity index (χ3v) is 7.56. The molecule has 1 N–H and O–H groups in total. The van der Waals surface area contributed by atoms with Gasteiger partial charge in [0.2, 0.25) is 15.9 Å². The number of benzene rings is 1. The highest BCUT2D eigenvalue weighted by Crippen LogP contribution is 2.20. The zero-order chi connectivity index (χ0) is 18.6. The number of carbonyl (C=O) groups excluding carboxylic acids is 1. The summed E-state index contributed by atoms with van der Waals surface area (Å²) in [5.74, 6) is 0.0566. The van der Waals surface area contributed by atoms with Gasteiger partial charge < -0.3 is 5.32 Å². The highest BCUT2D eigenvalue weighted by Gasteiger charge is 2.29. The smallest absolute Gasteiger partial charge is 0.243 e. The molecular weight excluding hydrogens is 418 g/mol. The van der Waals surface area contributed by atoms with E-state index in [0.717, 1.165) is 17.3 Å².